The number of hydrogen-bond donors (Lipinski definition) is 2. The summed E-state index contributed by atoms with van der Waals surface area (Å²) in [6.45, 7) is 2.24. The predicted molar refractivity (Wildman–Crippen MR) is 123 cm³/mol. The van der Waals surface area contributed by atoms with Crippen molar-refractivity contribution >= 4 is 33.9 Å². The molecule has 0 aliphatic heterocycles. The van der Waals surface area contributed by atoms with Crippen LogP contribution in [-0.4, -0.2) is 20.4 Å². The summed E-state index contributed by atoms with van der Waals surface area (Å²) in [5.41, 5.74) is 11.8. The number of aromatic nitrogens is 3. The zero-order valence-corrected chi connectivity index (χ0v) is 17.3. The van der Waals surface area contributed by atoms with E-state index in [4.69, 9.17) is 15.7 Å². The van der Waals surface area contributed by atoms with E-state index in [2.05, 4.69) is 5.32 Å². The summed E-state index contributed by atoms with van der Waals surface area (Å²) >= 11 is 0. The molecule has 1 amide bonds. The number of carbonyl (C=O) groups excluding carboxylic acids is 1. The molecule has 0 bridgehead atoms. The molecule has 0 aliphatic rings. The first-order chi connectivity index (χ1) is 15.5. The lowest BCUT2D eigenvalue weighted by atomic mass is 10.2. The van der Waals surface area contributed by atoms with Crippen LogP contribution in [0, 0.1) is 12.7 Å². The number of amides is 1. The monoisotopic (exact) mass is 425 g/mol. The zero-order chi connectivity index (χ0) is 22.2. The Morgan fingerprint density at radius 1 is 0.969 bits per heavy atom. The highest BCUT2D eigenvalue weighted by atomic mass is 19.1. The maximum atomic E-state index is 13.2. The number of halogens is 1. The molecule has 0 spiro atoms. The van der Waals surface area contributed by atoms with Gasteiger partial charge < -0.3 is 11.1 Å². The Balaban J connectivity index is 1.64. The summed E-state index contributed by atoms with van der Waals surface area (Å²) < 4.78 is 14.9. The van der Waals surface area contributed by atoms with Crippen LogP contribution < -0.4 is 11.1 Å². The van der Waals surface area contributed by atoms with Crippen molar-refractivity contribution < 1.29 is 9.18 Å². The second-order valence-electron chi connectivity index (χ2n) is 7.62. The minimum absolute atomic E-state index is 0.233. The van der Waals surface area contributed by atoms with Crippen LogP contribution >= 0.6 is 0 Å². The molecule has 7 heteroatoms. The van der Waals surface area contributed by atoms with Crippen molar-refractivity contribution in [2.24, 2.45) is 0 Å². The van der Waals surface area contributed by atoms with E-state index in [0.717, 1.165) is 16.8 Å². The molecule has 0 saturated heterocycles. The number of nitrogens with one attached hydrogen (secondary N) is 1. The standard InChI is InChI=1S/C25H20FN5O/c1-15-6-12-18(13-7-15)31-23(27)21(25(32)28-14-16-8-10-17(26)11-9-16)22-24(31)30-20-5-3-2-4-19(20)29-22/h2-13H,14,27H2,1H3,(H,28,32). The number of aryl methyl sites for hydroxylation is 1. The second-order valence-corrected chi connectivity index (χ2v) is 7.62. The highest BCUT2D eigenvalue weighted by Gasteiger charge is 2.24. The Hall–Kier alpha value is -4.26. The minimum Gasteiger partial charge on any atom is -0.384 e. The lowest BCUT2D eigenvalue weighted by Crippen LogP contribution is -2.24. The summed E-state index contributed by atoms with van der Waals surface area (Å²) in [5, 5.41) is 2.87. The van der Waals surface area contributed by atoms with Crippen LogP contribution in [0.2, 0.25) is 0 Å². The number of benzene rings is 3. The van der Waals surface area contributed by atoms with Gasteiger partial charge in [0.1, 0.15) is 22.7 Å². The third-order valence-electron chi connectivity index (χ3n) is 5.38. The average molecular weight is 425 g/mol. The van der Waals surface area contributed by atoms with Gasteiger partial charge in [0.2, 0.25) is 0 Å². The third kappa shape index (κ3) is 3.43. The van der Waals surface area contributed by atoms with E-state index in [1.165, 1.54) is 12.1 Å². The first-order valence-electron chi connectivity index (χ1n) is 10.2. The highest BCUT2D eigenvalue weighted by Crippen LogP contribution is 2.31. The number of rotatable bonds is 4. The lowest BCUT2D eigenvalue weighted by molar-refractivity contribution is 0.0953. The summed E-state index contributed by atoms with van der Waals surface area (Å²) in [6.07, 6.45) is 0. The van der Waals surface area contributed by atoms with Crippen molar-refractivity contribution in [2.75, 3.05) is 5.73 Å². The van der Waals surface area contributed by atoms with Crippen molar-refractivity contribution in [2.45, 2.75) is 13.5 Å². The smallest absolute Gasteiger partial charge is 0.257 e. The average Bonchev–Trinajstić information content (AvgIpc) is 3.08. The molecule has 0 radical (unpaired) electrons. The second kappa shape index (κ2) is 7.77. The van der Waals surface area contributed by atoms with Gasteiger partial charge in [0.05, 0.1) is 11.0 Å². The summed E-state index contributed by atoms with van der Waals surface area (Å²) in [7, 11) is 0. The molecule has 5 aromatic rings. The van der Waals surface area contributed by atoms with Gasteiger partial charge >= 0.3 is 0 Å². The van der Waals surface area contributed by atoms with E-state index < -0.39 is 0 Å². The Labute approximate surface area is 183 Å². The van der Waals surface area contributed by atoms with Gasteiger partial charge in [-0.3, -0.25) is 9.36 Å². The van der Waals surface area contributed by atoms with Crippen LogP contribution in [0.25, 0.3) is 27.9 Å². The Bertz CT molecular complexity index is 1460. The molecule has 2 heterocycles. The number of hydrogen-bond acceptors (Lipinski definition) is 4. The number of nitrogens with two attached hydrogens (primary N) is 1. The number of nitrogens with zero attached hydrogens (tertiary/aromatic N) is 3. The first-order valence-corrected chi connectivity index (χ1v) is 10.2. The van der Waals surface area contributed by atoms with E-state index in [9.17, 15) is 9.18 Å². The maximum Gasteiger partial charge on any atom is 0.257 e. The summed E-state index contributed by atoms with van der Waals surface area (Å²) in [4.78, 5) is 22.7. The molecule has 0 saturated carbocycles. The van der Waals surface area contributed by atoms with E-state index in [-0.39, 0.29) is 29.7 Å². The minimum atomic E-state index is -0.368. The molecule has 0 atom stereocenters. The van der Waals surface area contributed by atoms with Crippen LogP contribution in [0.1, 0.15) is 21.5 Å². The van der Waals surface area contributed by atoms with Gasteiger partial charge in [-0.05, 0) is 48.9 Å². The third-order valence-corrected chi connectivity index (χ3v) is 5.38. The van der Waals surface area contributed by atoms with Crippen molar-refractivity contribution in [3.8, 4) is 5.69 Å². The van der Waals surface area contributed by atoms with Crippen LogP contribution in [0.15, 0.2) is 72.8 Å². The normalized spacial score (nSPS) is 11.2. The molecular weight excluding hydrogens is 405 g/mol. The van der Waals surface area contributed by atoms with Gasteiger partial charge in [-0.2, -0.15) is 0 Å². The van der Waals surface area contributed by atoms with Gasteiger partial charge in [0.15, 0.2) is 5.65 Å². The number of nitrogen functional groups attached to an aromatic ring is 1. The van der Waals surface area contributed by atoms with E-state index >= 15 is 0 Å². The molecule has 3 aromatic carbocycles. The van der Waals surface area contributed by atoms with E-state index in [0.29, 0.717) is 22.2 Å². The zero-order valence-electron chi connectivity index (χ0n) is 17.3. The molecule has 32 heavy (non-hydrogen) atoms. The van der Waals surface area contributed by atoms with E-state index in [1.54, 1.807) is 16.7 Å². The Kier molecular flexibility index (Phi) is 4.78. The molecule has 0 fully saturated rings. The van der Waals surface area contributed by atoms with Gasteiger partial charge in [-0.25, -0.2) is 14.4 Å². The molecule has 158 valence electrons. The number of fused-ring (bicyclic) bond motifs is 2. The van der Waals surface area contributed by atoms with Gasteiger partial charge in [-0.15, -0.1) is 0 Å². The van der Waals surface area contributed by atoms with Crippen LogP contribution in [-0.2, 0) is 6.54 Å². The molecule has 0 aliphatic carbocycles. The van der Waals surface area contributed by atoms with Crippen LogP contribution in [0.3, 0.4) is 0 Å². The molecule has 0 unspecified atom stereocenters. The predicted octanol–water partition coefficient (Wildman–Crippen LogP) is 4.53. The topological polar surface area (TPSA) is 85.8 Å². The van der Waals surface area contributed by atoms with Crippen molar-refractivity contribution in [3.05, 3.63) is 95.3 Å². The molecule has 2 aromatic heterocycles. The molecule has 5 rings (SSSR count). The maximum absolute atomic E-state index is 13.2. The van der Waals surface area contributed by atoms with Gasteiger partial charge in [0, 0.05) is 12.2 Å². The fourth-order valence-electron chi connectivity index (χ4n) is 3.71. The Morgan fingerprint density at radius 2 is 1.62 bits per heavy atom. The van der Waals surface area contributed by atoms with Gasteiger partial charge in [-0.1, -0.05) is 42.0 Å². The highest BCUT2D eigenvalue weighted by molar-refractivity contribution is 6.11. The van der Waals surface area contributed by atoms with Crippen LogP contribution in [0.4, 0.5) is 10.2 Å². The van der Waals surface area contributed by atoms with Crippen molar-refractivity contribution in [1.82, 2.24) is 19.9 Å². The van der Waals surface area contributed by atoms with Crippen molar-refractivity contribution in [3.63, 3.8) is 0 Å². The fraction of sp³-hybridized carbons (Fsp3) is 0.0800. The number of para-hydroxylation sites is 2. The number of anilines is 1. The largest absolute Gasteiger partial charge is 0.384 e. The number of carbonyl (C=O) groups is 1. The summed E-state index contributed by atoms with van der Waals surface area (Å²) in [6, 6.07) is 21.3. The first kappa shape index (κ1) is 19.7. The van der Waals surface area contributed by atoms with Crippen LogP contribution in [0.5, 0.6) is 0 Å². The van der Waals surface area contributed by atoms with Gasteiger partial charge in [0.25, 0.3) is 5.91 Å². The van der Waals surface area contributed by atoms with E-state index in [1.807, 2.05) is 55.5 Å². The Morgan fingerprint density at radius 3 is 2.31 bits per heavy atom. The van der Waals surface area contributed by atoms with Crippen molar-refractivity contribution in [1.29, 1.82) is 0 Å². The quantitative estimate of drug-likeness (QED) is 0.443. The molecular formula is C25H20FN5O. The summed E-state index contributed by atoms with van der Waals surface area (Å²) in [5.74, 6) is -0.435. The SMILES string of the molecule is Cc1ccc(-n2c(N)c(C(=O)NCc3ccc(F)cc3)c3nc4ccccc4nc32)cc1. The molecule has 6 nitrogen and oxygen atoms in total. The fourth-order valence-corrected chi connectivity index (χ4v) is 3.71. The lowest BCUT2D eigenvalue weighted by Gasteiger charge is -2.09. The molecule has 3 N–H and O–H groups in total.